The summed E-state index contributed by atoms with van der Waals surface area (Å²) in [7, 11) is -2.29. The predicted octanol–water partition coefficient (Wildman–Crippen LogP) is 2.72. The average Bonchev–Trinajstić information content (AvgIpc) is 2.48. The fourth-order valence-electron chi connectivity index (χ4n) is 2.02. The van der Waals surface area contributed by atoms with Crippen LogP contribution in [0.15, 0.2) is 48.5 Å². The summed E-state index contributed by atoms with van der Waals surface area (Å²) < 4.78 is 31.6. The van der Waals surface area contributed by atoms with Crippen molar-refractivity contribution in [3.05, 3.63) is 65.2 Å². The molecule has 2 aromatic rings. The molecule has 0 saturated carbocycles. The molecule has 116 valence electrons. The lowest BCUT2D eigenvalue weighted by Gasteiger charge is -2.10. The summed E-state index contributed by atoms with van der Waals surface area (Å²) in [5.74, 6) is -0.637. The zero-order chi connectivity index (χ0) is 16.2. The third-order valence-corrected chi connectivity index (χ3v) is 4.40. The highest BCUT2D eigenvalue weighted by molar-refractivity contribution is 7.91. The molecule has 0 aliphatic carbocycles. The van der Waals surface area contributed by atoms with E-state index in [1.807, 2.05) is 19.1 Å². The normalized spacial score (nSPS) is 11.0. The number of rotatable bonds is 5. The van der Waals surface area contributed by atoms with Gasteiger partial charge in [-0.2, -0.15) is 0 Å². The summed E-state index contributed by atoms with van der Waals surface area (Å²) in [5.41, 5.74) is 2.27. The van der Waals surface area contributed by atoms with E-state index in [1.165, 1.54) is 13.2 Å². The van der Waals surface area contributed by atoms with Crippen LogP contribution in [-0.4, -0.2) is 21.5 Å². The van der Waals surface area contributed by atoms with Gasteiger partial charge in [-0.05, 0) is 36.2 Å². The van der Waals surface area contributed by atoms with E-state index in [-0.39, 0.29) is 5.75 Å². The third kappa shape index (κ3) is 4.08. The summed E-state index contributed by atoms with van der Waals surface area (Å²) in [5, 5.41) is 0. The SMILES string of the molecule is COC(=O)c1cccc(NS(=O)(=O)Cc2ccccc2C)c1. The van der Waals surface area contributed by atoms with Crippen LogP contribution in [0.5, 0.6) is 0 Å². The van der Waals surface area contributed by atoms with Gasteiger partial charge in [0.2, 0.25) is 10.0 Å². The monoisotopic (exact) mass is 319 g/mol. The Hall–Kier alpha value is -2.34. The van der Waals surface area contributed by atoms with Crippen LogP contribution in [0.25, 0.3) is 0 Å². The number of benzene rings is 2. The number of hydrogen-bond acceptors (Lipinski definition) is 4. The molecule has 2 aromatic carbocycles. The van der Waals surface area contributed by atoms with E-state index in [0.29, 0.717) is 11.3 Å². The lowest BCUT2D eigenvalue weighted by atomic mass is 10.1. The fourth-order valence-corrected chi connectivity index (χ4v) is 3.31. The van der Waals surface area contributed by atoms with Crippen molar-refractivity contribution in [1.82, 2.24) is 0 Å². The number of methoxy groups -OCH3 is 1. The first kappa shape index (κ1) is 16.0. The van der Waals surface area contributed by atoms with Crippen LogP contribution >= 0.6 is 0 Å². The quantitative estimate of drug-likeness (QED) is 0.860. The molecule has 0 saturated heterocycles. The Kier molecular flexibility index (Phi) is 4.82. The molecule has 0 heterocycles. The van der Waals surface area contributed by atoms with Crippen LogP contribution in [-0.2, 0) is 20.5 Å². The maximum atomic E-state index is 12.2. The smallest absolute Gasteiger partial charge is 0.337 e. The van der Waals surface area contributed by atoms with E-state index >= 15 is 0 Å². The van der Waals surface area contributed by atoms with Crippen molar-refractivity contribution < 1.29 is 17.9 Å². The minimum atomic E-state index is -3.56. The first-order chi connectivity index (χ1) is 10.4. The van der Waals surface area contributed by atoms with Crippen molar-refractivity contribution in [2.45, 2.75) is 12.7 Å². The first-order valence-electron chi connectivity index (χ1n) is 6.64. The number of hydrogen-bond donors (Lipinski definition) is 1. The number of ether oxygens (including phenoxy) is 1. The topological polar surface area (TPSA) is 72.5 Å². The van der Waals surface area contributed by atoms with E-state index in [4.69, 9.17) is 0 Å². The van der Waals surface area contributed by atoms with Gasteiger partial charge >= 0.3 is 5.97 Å². The standard InChI is InChI=1S/C16H17NO4S/c1-12-6-3-4-7-14(12)11-22(19,20)17-15-9-5-8-13(10-15)16(18)21-2/h3-10,17H,11H2,1-2H3. The van der Waals surface area contributed by atoms with Gasteiger partial charge in [0, 0.05) is 5.69 Å². The van der Waals surface area contributed by atoms with Crippen molar-refractivity contribution in [3.8, 4) is 0 Å². The second-order valence-corrected chi connectivity index (χ2v) is 6.58. The highest BCUT2D eigenvalue weighted by Gasteiger charge is 2.14. The number of nitrogens with one attached hydrogen (secondary N) is 1. The summed E-state index contributed by atoms with van der Waals surface area (Å²) in [6.07, 6.45) is 0. The molecule has 0 spiro atoms. The summed E-state index contributed by atoms with van der Waals surface area (Å²) in [4.78, 5) is 11.5. The average molecular weight is 319 g/mol. The van der Waals surface area contributed by atoms with Crippen molar-refractivity contribution in [1.29, 1.82) is 0 Å². The minimum absolute atomic E-state index is 0.123. The van der Waals surface area contributed by atoms with Crippen molar-refractivity contribution in [3.63, 3.8) is 0 Å². The van der Waals surface area contributed by atoms with E-state index < -0.39 is 16.0 Å². The number of aryl methyl sites for hydroxylation is 1. The molecule has 0 aromatic heterocycles. The zero-order valence-electron chi connectivity index (χ0n) is 12.4. The van der Waals surface area contributed by atoms with Gasteiger partial charge in [0.15, 0.2) is 0 Å². The Morgan fingerprint density at radius 2 is 1.86 bits per heavy atom. The molecule has 5 nitrogen and oxygen atoms in total. The largest absolute Gasteiger partial charge is 0.465 e. The maximum absolute atomic E-state index is 12.2. The second-order valence-electron chi connectivity index (χ2n) is 4.86. The third-order valence-electron chi connectivity index (χ3n) is 3.16. The highest BCUT2D eigenvalue weighted by Crippen LogP contribution is 2.17. The molecule has 0 aliphatic heterocycles. The van der Waals surface area contributed by atoms with Crippen molar-refractivity contribution in [2.75, 3.05) is 11.8 Å². The number of carbonyl (C=O) groups is 1. The van der Waals surface area contributed by atoms with Gasteiger partial charge in [-0.3, -0.25) is 4.72 Å². The van der Waals surface area contributed by atoms with Crippen LogP contribution in [0.2, 0.25) is 0 Å². The Balaban J connectivity index is 2.19. The van der Waals surface area contributed by atoms with Gasteiger partial charge in [-0.15, -0.1) is 0 Å². The van der Waals surface area contributed by atoms with Crippen LogP contribution < -0.4 is 4.72 Å². The van der Waals surface area contributed by atoms with E-state index in [0.717, 1.165) is 11.1 Å². The van der Waals surface area contributed by atoms with Gasteiger partial charge in [0.25, 0.3) is 0 Å². The van der Waals surface area contributed by atoms with Gasteiger partial charge in [-0.25, -0.2) is 13.2 Å². The molecule has 2 rings (SSSR count). The number of sulfonamides is 1. The molecule has 6 heteroatoms. The molecule has 22 heavy (non-hydrogen) atoms. The minimum Gasteiger partial charge on any atom is -0.465 e. The van der Waals surface area contributed by atoms with Crippen LogP contribution in [0.4, 0.5) is 5.69 Å². The van der Waals surface area contributed by atoms with Crippen molar-refractivity contribution in [2.24, 2.45) is 0 Å². The Morgan fingerprint density at radius 3 is 2.55 bits per heavy atom. The van der Waals surface area contributed by atoms with Gasteiger partial charge in [-0.1, -0.05) is 30.3 Å². The molecule has 0 radical (unpaired) electrons. The molecular formula is C16H17NO4S. The summed E-state index contributed by atoms with van der Waals surface area (Å²) in [6, 6.07) is 13.5. The lowest BCUT2D eigenvalue weighted by Crippen LogP contribution is -2.16. The fraction of sp³-hybridized carbons (Fsp3) is 0.188. The number of anilines is 1. The molecule has 0 aliphatic rings. The summed E-state index contributed by atoms with van der Waals surface area (Å²) in [6.45, 7) is 1.86. The van der Waals surface area contributed by atoms with Gasteiger partial charge < -0.3 is 4.74 Å². The molecule has 0 amide bonds. The van der Waals surface area contributed by atoms with E-state index in [1.54, 1.807) is 30.3 Å². The first-order valence-corrected chi connectivity index (χ1v) is 8.30. The van der Waals surface area contributed by atoms with Crippen LogP contribution in [0, 0.1) is 6.92 Å². The van der Waals surface area contributed by atoms with E-state index in [9.17, 15) is 13.2 Å². The van der Waals surface area contributed by atoms with E-state index in [2.05, 4.69) is 9.46 Å². The predicted molar refractivity (Wildman–Crippen MR) is 85.2 cm³/mol. The highest BCUT2D eigenvalue weighted by atomic mass is 32.2. The zero-order valence-corrected chi connectivity index (χ0v) is 13.2. The maximum Gasteiger partial charge on any atom is 0.337 e. The van der Waals surface area contributed by atoms with Crippen molar-refractivity contribution >= 4 is 21.7 Å². The molecule has 0 fully saturated rings. The van der Waals surface area contributed by atoms with Gasteiger partial charge in [0.05, 0.1) is 18.4 Å². The Morgan fingerprint density at radius 1 is 1.14 bits per heavy atom. The second kappa shape index (κ2) is 6.62. The van der Waals surface area contributed by atoms with Crippen LogP contribution in [0.1, 0.15) is 21.5 Å². The number of esters is 1. The molecular weight excluding hydrogens is 302 g/mol. The Bertz CT molecular complexity index is 784. The van der Waals surface area contributed by atoms with Crippen LogP contribution in [0.3, 0.4) is 0 Å². The molecule has 0 bridgehead atoms. The summed E-state index contributed by atoms with van der Waals surface area (Å²) >= 11 is 0. The van der Waals surface area contributed by atoms with Gasteiger partial charge in [0.1, 0.15) is 0 Å². The molecule has 1 N–H and O–H groups in total. The number of carbonyl (C=O) groups excluding carboxylic acids is 1. The molecule has 0 unspecified atom stereocenters. The lowest BCUT2D eigenvalue weighted by molar-refractivity contribution is 0.0601. The Labute approximate surface area is 130 Å². The molecule has 0 atom stereocenters.